The first-order chi connectivity index (χ1) is 13.7. The maximum atomic E-state index is 12.8. The van der Waals surface area contributed by atoms with E-state index in [-0.39, 0.29) is 17.9 Å². The summed E-state index contributed by atoms with van der Waals surface area (Å²) >= 11 is 12.3. The molecule has 0 spiro atoms. The van der Waals surface area contributed by atoms with E-state index < -0.39 is 9.93 Å². The number of aromatic nitrogens is 2. The van der Waals surface area contributed by atoms with Crippen molar-refractivity contribution in [2.24, 2.45) is 0 Å². The van der Waals surface area contributed by atoms with Crippen molar-refractivity contribution in [1.82, 2.24) is 15.3 Å². The molecular formula is C22H23Cl2N3O2. The topological polar surface area (TPSA) is 67.0 Å². The van der Waals surface area contributed by atoms with Gasteiger partial charge in [0.05, 0.1) is 17.1 Å². The Morgan fingerprint density at radius 1 is 1.24 bits per heavy atom. The molecule has 1 aliphatic carbocycles. The first-order valence-electron chi connectivity index (χ1n) is 9.58. The molecule has 0 unspecified atom stereocenters. The van der Waals surface area contributed by atoms with Crippen LogP contribution in [0.15, 0.2) is 48.5 Å². The molecule has 0 saturated heterocycles. The van der Waals surface area contributed by atoms with Crippen LogP contribution < -0.4 is 10.1 Å². The van der Waals surface area contributed by atoms with Crippen LogP contribution in [0.1, 0.15) is 50.5 Å². The number of rotatable bonds is 6. The van der Waals surface area contributed by atoms with E-state index in [0.29, 0.717) is 11.6 Å². The monoisotopic (exact) mass is 431 g/mol. The van der Waals surface area contributed by atoms with Crippen LogP contribution in [0.25, 0.3) is 11.0 Å². The lowest BCUT2D eigenvalue weighted by Crippen LogP contribution is -2.47. The summed E-state index contributed by atoms with van der Waals surface area (Å²) < 4.78 is 5.30. The van der Waals surface area contributed by atoms with Gasteiger partial charge in [0.15, 0.2) is 5.60 Å². The number of hydrogen-bond donors (Lipinski definition) is 2. The van der Waals surface area contributed by atoms with E-state index in [1.807, 2.05) is 55.5 Å². The number of halogens is 2. The summed E-state index contributed by atoms with van der Waals surface area (Å²) in [7, 11) is 0. The Morgan fingerprint density at radius 3 is 2.52 bits per heavy atom. The van der Waals surface area contributed by atoms with Gasteiger partial charge in [-0.3, -0.25) is 4.79 Å². The van der Waals surface area contributed by atoms with Gasteiger partial charge in [0.2, 0.25) is 0 Å². The zero-order valence-corrected chi connectivity index (χ0v) is 18.0. The second-order valence-corrected chi connectivity index (χ2v) is 9.58. The number of carbonyl (C=O) groups excluding carboxylic acids is 1. The maximum Gasteiger partial charge on any atom is 0.264 e. The summed E-state index contributed by atoms with van der Waals surface area (Å²) in [5.74, 6) is 1.24. The molecule has 1 heterocycles. The minimum atomic E-state index is -1.05. The highest BCUT2D eigenvalue weighted by molar-refractivity contribution is 6.51. The van der Waals surface area contributed by atoms with Crippen molar-refractivity contribution in [3.8, 4) is 5.75 Å². The van der Waals surface area contributed by atoms with Crippen LogP contribution in [0.5, 0.6) is 5.75 Å². The predicted molar refractivity (Wildman–Crippen MR) is 116 cm³/mol. The van der Waals surface area contributed by atoms with Gasteiger partial charge in [-0.1, -0.05) is 24.3 Å². The molecule has 5 nitrogen and oxygen atoms in total. The lowest BCUT2D eigenvalue weighted by Gasteiger charge is -2.27. The smallest absolute Gasteiger partial charge is 0.264 e. The van der Waals surface area contributed by atoms with Crippen LogP contribution in [-0.2, 0) is 4.79 Å². The molecule has 0 aliphatic heterocycles. The summed E-state index contributed by atoms with van der Waals surface area (Å²) in [4.78, 5) is 20.6. The minimum absolute atomic E-state index is 0.154. The van der Waals surface area contributed by atoms with Crippen LogP contribution in [0.4, 0.5) is 0 Å². The number of H-pyrrole nitrogens is 1. The van der Waals surface area contributed by atoms with Gasteiger partial charge in [-0.25, -0.2) is 4.98 Å². The second kappa shape index (κ2) is 7.22. The molecule has 2 atom stereocenters. The molecule has 29 heavy (non-hydrogen) atoms. The summed E-state index contributed by atoms with van der Waals surface area (Å²) in [5, 5.41) is 2.98. The van der Waals surface area contributed by atoms with Crippen LogP contribution in [0.2, 0.25) is 0 Å². The lowest BCUT2D eigenvalue weighted by atomic mass is 10.1. The summed E-state index contributed by atoms with van der Waals surface area (Å²) in [6.07, 6.45) is 0.754. The third-order valence-electron chi connectivity index (χ3n) is 5.19. The Morgan fingerprint density at radius 2 is 1.90 bits per heavy atom. The molecule has 2 N–H and O–H groups in total. The van der Waals surface area contributed by atoms with Gasteiger partial charge in [0.1, 0.15) is 15.9 Å². The lowest BCUT2D eigenvalue weighted by molar-refractivity contribution is -0.135. The highest BCUT2D eigenvalue weighted by Gasteiger charge is 2.52. The number of imidazole rings is 1. The fourth-order valence-electron chi connectivity index (χ4n) is 3.30. The van der Waals surface area contributed by atoms with Crippen LogP contribution >= 0.6 is 23.2 Å². The van der Waals surface area contributed by atoms with E-state index in [2.05, 4.69) is 15.3 Å². The molecule has 4 rings (SSSR count). The summed E-state index contributed by atoms with van der Waals surface area (Å²) in [6.45, 7) is 5.37. The molecule has 152 valence electrons. The number of carbonyl (C=O) groups is 1. The Hall–Kier alpha value is -2.24. The van der Waals surface area contributed by atoms with E-state index in [1.54, 1.807) is 13.8 Å². The number of fused-ring (bicyclic) bond motifs is 1. The van der Waals surface area contributed by atoms with E-state index in [9.17, 15) is 4.79 Å². The van der Waals surface area contributed by atoms with E-state index in [0.717, 1.165) is 23.0 Å². The number of benzene rings is 2. The van der Waals surface area contributed by atoms with Crippen molar-refractivity contribution in [2.45, 2.75) is 49.1 Å². The maximum absolute atomic E-state index is 12.8. The van der Waals surface area contributed by atoms with Gasteiger partial charge in [-0.15, -0.1) is 23.2 Å². The number of amides is 1. The molecule has 3 aromatic rings. The van der Waals surface area contributed by atoms with Crippen LogP contribution in [0.3, 0.4) is 0 Å². The molecule has 1 fully saturated rings. The molecule has 0 radical (unpaired) electrons. The van der Waals surface area contributed by atoms with Gasteiger partial charge in [-0.05, 0) is 57.0 Å². The standard InChI is InChI=1S/C22H23Cl2N3O2/c1-13(19-26-17-6-4-5-7-18(17)27-19)25-20(28)21(2,3)29-15-10-8-14(9-11-15)16-12-22(16,23)24/h4-11,13,16H,12H2,1-3H3,(H,25,28)(H,26,27)/t13-,16-/m0/s1. The van der Waals surface area contributed by atoms with Crippen molar-refractivity contribution >= 4 is 40.1 Å². The molecule has 0 bridgehead atoms. The number of ether oxygens (including phenoxy) is 1. The van der Waals surface area contributed by atoms with E-state index in [4.69, 9.17) is 27.9 Å². The Balaban J connectivity index is 1.40. The van der Waals surface area contributed by atoms with Crippen LogP contribution in [-0.4, -0.2) is 25.8 Å². The van der Waals surface area contributed by atoms with Crippen molar-refractivity contribution in [3.05, 3.63) is 59.9 Å². The quantitative estimate of drug-likeness (QED) is 0.523. The van der Waals surface area contributed by atoms with E-state index in [1.165, 1.54) is 0 Å². The number of aromatic amines is 1. The highest BCUT2D eigenvalue weighted by atomic mass is 35.5. The summed E-state index contributed by atoms with van der Waals surface area (Å²) in [5.41, 5.74) is 1.83. The van der Waals surface area contributed by atoms with E-state index >= 15 is 0 Å². The number of alkyl halides is 2. The number of hydrogen-bond acceptors (Lipinski definition) is 3. The number of para-hydroxylation sites is 2. The highest BCUT2D eigenvalue weighted by Crippen LogP contribution is 2.59. The van der Waals surface area contributed by atoms with Gasteiger partial charge < -0.3 is 15.0 Å². The Labute approximate surface area is 179 Å². The van der Waals surface area contributed by atoms with Gasteiger partial charge in [0, 0.05) is 5.92 Å². The van der Waals surface area contributed by atoms with Gasteiger partial charge in [-0.2, -0.15) is 0 Å². The molecule has 1 saturated carbocycles. The Bertz CT molecular complexity index is 1010. The van der Waals surface area contributed by atoms with Crippen molar-refractivity contribution in [1.29, 1.82) is 0 Å². The largest absolute Gasteiger partial charge is 0.478 e. The zero-order chi connectivity index (χ0) is 20.8. The molecule has 1 aliphatic rings. The molecule has 1 aromatic heterocycles. The normalized spacial score (nSPS) is 19.0. The molecular weight excluding hydrogens is 409 g/mol. The van der Waals surface area contributed by atoms with Crippen molar-refractivity contribution in [2.75, 3.05) is 0 Å². The first kappa shape index (κ1) is 20.0. The van der Waals surface area contributed by atoms with Crippen molar-refractivity contribution in [3.63, 3.8) is 0 Å². The third kappa shape index (κ3) is 4.21. The average molecular weight is 432 g/mol. The first-order valence-corrected chi connectivity index (χ1v) is 10.3. The second-order valence-electron chi connectivity index (χ2n) is 8.03. The van der Waals surface area contributed by atoms with Gasteiger partial charge >= 0.3 is 0 Å². The summed E-state index contributed by atoms with van der Waals surface area (Å²) in [6, 6.07) is 15.1. The SMILES string of the molecule is C[C@H](NC(=O)C(C)(C)Oc1ccc([C@@H]2CC2(Cl)Cl)cc1)c1nc2ccccc2[nH]1. The number of nitrogens with zero attached hydrogens (tertiary/aromatic N) is 1. The fraction of sp³-hybridized carbons (Fsp3) is 0.364. The third-order valence-corrected chi connectivity index (χ3v) is 6.03. The molecule has 7 heteroatoms. The molecule has 1 amide bonds. The average Bonchev–Trinajstić information content (AvgIpc) is 3.11. The number of nitrogens with one attached hydrogen (secondary N) is 2. The van der Waals surface area contributed by atoms with Gasteiger partial charge in [0.25, 0.3) is 5.91 Å². The van der Waals surface area contributed by atoms with Crippen LogP contribution in [0, 0.1) is 0 Å². The van der Waals surface area contributed by atoms with Crippen molar-refractivity contribution < 1.29 is 9.53 Å². The molecule has 2 aromatic carbocycles. The zero-order valence-electron chi connectivity index (χ0n) is 16.5. The minimum Gasteiger partial charge on any atom is -0.478 e. The Kier molecular flexibility index (Phi) is 4.99. The predicted octanol–water partition coefficient (Wildman–Crippen LogP) is 5.26. The fourth-order valence-corrected chi connectivity index (χ4v) is 3.86.